The molecule has 33 heteroatoms. The van der Waals surface area contributed by atoms with Crippen LogP contribution in [0.25, 0.3) is 0 Å². The lowest BCUT2D eigenvalue weighted by Crippen LogP contribution is -2.68. The molecule has 6 saturated heterocycles. The first-order valence-electron chi connectivity index (χ1n) is 31.5. The largest absolute Gasteiger partial charge is 0.459 e. The standard InChI is InChI=1S/C59H94O31S2/c1-25(2)11-10-17-58(8)34-15-19-57(7)28-12-13-33-55(4,5)35(16-18-56(33,6)27(28)14-20-59(34,57)54(70)89-58)84-52-47(39(65)32(23-79-52)90-92(74,75)76)88-53-48(87-49-40(66)36(62)29(61)22-78-49)41(67)44(26(3)81-53)85-51-43(69)46(38(64)31(83-51)24-80-91(71,72)73)86-50-42(68)45(77-9)37(63)30(21-60)82-50/h11-12,26-27,29-53,60-69H,10,13-24H2,1-9H3,(H,71,72,73)(H,74,75,76)/t26?,27?,29-,30?,31?,32-,33+,34-,35+,36?,37-,38-,39?,40?,41?,42?,43?,44-,45?,46?,47?,48?,49+,50+,51+,52+,53+,56-,57+,58+,59?/m1/s1. The zero-order valence-electron chi connectivity index (χ0n) is 52.9. The quantitative estimate of drug-likeness (QED) is 0.0384. The van der Waals surface area contributed by atoms with Crippen molar-refractivity contribution in [1.82, 2.24) is 0 Å². The zero-order valence-corrected chi connectivity index (χ0v) is 54.5. The summed E-state index contributed by atoms with van der Waals surface area (Å²) < 4.78 is 149. The maximum Gasteiger partial charge on any atom is 0.397 e. The number of cyclic esters (lactones) is 1. The fourth-order valence-electron chi connectivity index (χ4n) is 17.5. The summed E-state index contributed by atoms with van der Waals surface area (Å²) in [4.78, 5) is 14.5. The Balaban J connectivity index is 0.918. The molecule has 0 aromatic carbocycles. The van der Waals surface area contributed by atoms with Crippen LogP contribution in [0.1, 0.15) is 113 Å². The number of hydrogen-bond acceptors (Lipinski definition) is 29. The van der Waals surface area contributed by atoms with Crippen LogP contribution in [0.4, 0.5) is 0 Å². The van der Waals surface area contributed by atoms with Gasteiger partial charge in [-0.3, -0.25) is 13.9 Å². The van der Waals surface area contributed by atoms with Crippen LogP contribution in [-0.4, -0.2) is 270 Å². The summed E-state index contributed by atoms with van der Waals surface area (Å²) in [6.45, 7) is 12.9. The van der Waals surface area contributed by atoms with Gasteiger partial charge in [-0.2, -0.15) is 16.8 Å². The number of carbonyl (C=O) groups is 1. The van der Waals surface area contributed by atoms with Gasteiger partial charge in [0.15, 0.2) is 31.5 Å². The molecule has 10 rings (SSSR count). The Bertz CT molecular complexity index is 2900. The fraction of sp³-hybridized carbons (Fsp3) is 0.915. The molecule has 0 aromatic heterocycles. The number of aliphatic hydroxyl groups excluding tert-OH is 10. The summed E-state index contributed by atoms with van der Waals surface area (Å²) in [5, 5.41) is 112. The predicted molar refractivity (Wildman–Crippen MR) is 308 cm³/mol. The first-order valence-corrected chi connectivity index (χ1v) is 34.3. The lowest BCUT2D eigenvalue weighted by molar-refractivity contribution is -0.403. The molecule has 0 amide bonds. The van der Waals surface area contributed by atoms with Crippen molar-refractivity contribution in [2.45, 2.75) is 266 Å². The van der Waals surface area contributed by atoms with E-state index < -0.39 is 216 Å². The van der Waals surface area contributed by atoms with Crippen molar-refractivity contribution in [1.29, 1.82) is 0 Å². The minimum Gasteiger partial charge on any atom is -0.459 e. The molecule has 0 radical (unpaired) electrons. The van der Waals surface area contributed by atoms with Crippen LogP contribution in [0.2, 0.25) is 0 Å². The van der Waals surface area contributed by atoms with Gasteiger partial charge in [-0.1, -0.05) is 51.0 Å². The molecule has 31 nitrogen and oxygen atoms in total. The van der Waals surface area contributed by atoms with E-state index in [0.717, 1.165) is 39.2 Å². The number of esters is 1. The number of hydrogen-bond donors (Lipinski definition) is 12. The predicted octanol–water partition coefficient (Wildman–Crippen LogP) is -1.27. The van der Waals surface area contributed by atoms with Gasteiger partial charge in [0.1, 0.15) is 109 Å². The molecular formula is C59H94O31S2. The van der Waals surface area contributed by atoms with Crippen molar-refractivity contribution < 1.29 is 147 Å². The summed E-state index contributed by atoms with van der Waals surface area (Å²) >= 11 is 0. The summed E-state index contributed by atoms with van der Waals surface area (Å²) in [6.07, 6.45) is -32.9. The van der Waals surface area contributed by atoms with Gasteiger partial charge in [-0.25, -0.2) is 8.37 Å². The lowest BCUT2D eigenvalue weighted by atomic mass is 9.41. The van der Waals surface area contributed by atoms with E-state index in [1.54, 1.807) is 0 Å². The molecule has 0 aromatic rings. The Morgan fingerprint density at radius 1 is 0.641 bits per heavy atom. The monoisotopic (exact) mass is 1360 g/mol. The van der Waals surface area contributed by atoms with Crippen molar-refractivity contribution in [3.8, 4) is 0 Å². The summed E-state index contributed by atoms with van der Waals surface area (Å²) in [7, 11) is -9.42. The number of carbonyl (C=O) groups excluding carboxylic acids is 1. The minimum atomic E-state index is -5.29. The van der Waals surface area contributed by atoms with Crippen molar-refractivity contribution in [3.63, 3.8) is 0 Å². The first-order chi connectivity index (χ1) is 42.9. The topological polar surface area (TPSA) is 457 Å². The van der Waals surface area contributed by atoms with Gasteiger partial charge in [-0.15, -0.1) is 0 Å². The smallest absolute Gasteiger partial charge is 0.397 e. The molecule has 1 spiro atoms. The highest BCUT2D eigenvalue weighted by Crippen LogP contribution is 2.76. The van der Waals surface area contributed by atoms with Gasteiger partial charge in [0.05, 0.1) is 44.1 Å². The summed E-state index contributed by atoms with van der Waals surface area (Å²) in [6, 6.07) is 0. The van der Waals surface area contributed by atoms with E-state index in [1.165, 1.54) is 18.1 Å². The second-order valence-electron chi connectivity index (χ2n) is 28.2. The Morgan fingerprint density at radius 2 is 1.26 bits per heavy atom. The molecule has 15 unspecified atom stereocenters. The van der Waals surface area contributed by atoms with Crippen LogP contribution in [-0.2, 0) is 90.8 Å². The van der Waals surface area contributed by atoms with Gasteiger partial charge in [-0.05, 0) is 108 Å². The molecule has 6 aliphatic heterocycles. The molecule has 12 N–H and O–H groups in total. The van der Waals surface area contributed by atoms with E-state index in [9.17, 15) is 81.8 Å². The number of fused-ring (bicyclic) bond motifs is 4. The first kappa shape index (κ1) is 72.6. The highest BCUT2D eigenvalue weighted by Gasteiger charge is 2.76. The van der Waals surface area contributed by atoms with Crippen LogP contribution in [0.15, 0.2) is 23.3 Å². The van der Waals surface area contributed by atoms with Gasteiger partial charge in [0.25, 0.3) is 0 Å². The molecule has 3 saturated carbocycles. The normalized spacial score (nSPS) is 49.6. The number of aliphatic hydroxyl groups is 10. The highest BCUT2D eigenvalue weighted by molar-refractivity contribution is 7.81. The van der Waals surface area contributed by atoms with E-state index in [4.69, 9.17) is 61.0 Å². The second kappa shape index (κ2) is 27.2. The lowest BCUT2D eigenvalue weighted by Gasteiger charge is -2.64. The average molecular weight is 1360 g/mol. The molecule has 9 fully saturated rings. The van der Waals surface area contributed by atoms with Crippen molar-refractivity contribution in [2.24, 2.45) is 39.4 Å². The average Bonchev–Trinajstić information content (AvgIpc) is 1.45. The molecule has 92 heavy (non-hydrogen) atoms. The third-order valence-corrected chi connectivity index (χ3v) is 23.2. The third kappa shape index (κ3) is 13.3. The van der Waals surface area contributed by atoms with Crippen molar-refractivity contribution >= 4 is 26.8 Å². The van der Waals surface area contributed by atoms with Crippen molar-refractivity contribution in [2.75, 3.05) is 33.5 Å². The van der Waals surface area contributed by atoms with Gasteiger partial charge >= 0.3 is 26.8 Å². The molecule has 0 bridgehead atoms. The molecular weight excluding hydrogens is 1270 g/mol. The number of ether oxygens (including phenoxy) is 12. The van der Waals surface area contributed by atoms with E-state index in [0.29, 0.717) is 25.7 Å². The van der Waals surface area contributed by atoms with Crippen LogP contribution in [0.3, 0.4) is 0 Å². The van der Waals surface area contributed by atoms with Crippen LogP contribution >= 0.6 is 0 Å². The number of methoxy groups -OCH3 is 1. The number of allylic oxidation sites excluding steroid dienone is 4. The summed E-state index contributed by atoms with van der Waals surface area (Å²) in [5.74, 6) is 0.0374. The van der Waals surface area contributed by atoms with Gasteiger partial charge in [0, 0.05) is 18.4 Å². The van der Waals surface area contributed by atoms with Gasteiger partial charge in [0.2, 0.25) is 0 Å². The Kier molecular flexibility index (Phi) is 21.4. The molecule has 4 aliphatic carbocycles. The van der Waals surface area contributed by atoms with Crippen LogP contribution in [0, 0.1) is 39.4 Å². The van der Waals surface area contributed by atoms with E-state index >= 15 is 0 Å². The van der Waals surface area contributed by atoms with Crippen LogP contribution < -0.4 is 0 Å². The minimum absolute atomic E-state index is 0.0287. The second-order valence-corrected chi connectivity index (χ2v) is 30.3. The van der Waals surface area contributed by atoms with E-state index in [2.05, 4.69) is 64.8 Å². The maximum atomic E-state index is 14.5. The Morgan fingerprint density at radius 3 is 1.91 bits per heavy atom. The molecule has 31 atom stereocenters. The zero-order chi connectivity index (χ0) is 67.3. The Hall–Kier alpha value is -2.15. The SMILES string of the molecule is COC1C(O)[C@H](OC2C(O)[C@H](O[C@@H]3C(C)O[C@@H](OC4C(O)[C@H](OS(=O)(=O)O)CO[C@H]4O[C@H]4CC[C@]5(C)C6CCC78C(=O)O[C@@](C)(CCC=C(C)C)[C@H]7CC[C@@]8(C)C6=CC[C@H]5C4(C)C)C(O[C@@H]4OC[C@@H](O)C(O)C4O)C3O)OC(COS(=O)(=O)O)[C@H]2O)OC(CO)[C@H]1O. The number of rotatable bonds is 20. The molecule has 6 heterocycles. The maximum absolute atomic E-state index is 14.5. The molecule has 10 aliphatic rings. The Labute approximate surface area is 534 Å². The third-order valence-electron chi connectivity index (χ3n) is 22.3. The fourth-order valence-corrected chi connectivity index (χ4v) is 18.3. The molecule has 528 valence electrons. The van der Waals surface area contributed by atoms with Crippen LogP contribution in [0.5, 0.6) is 0 Å². The highest BCUT2D eigenvalue weighted by atomic mass is 32.3. The van der Waals surface area contributed by atoms with Crippen molar-refractivity contribution in [3.05, 3.63) is 23.3 Å². The van der Waals surface area contributed by atoms with E-state index in [-0.39, 0.29) is 29.1 Å². The van der Waals surface area contributed by atoms with Gasteiger partial charge < -0.3 is 108 Å². The van der Waals surface area contributed by atoms with E-state index in [1.807, 2.05) is 0 Å². The summed E-state index contributed by atoms with van der Waals surface area (Å²) in [5.41, 5.74) is -0.141.